The average Bonchev–Trinajstić information content (AvgIpc) is 3.12. The number of nitrogens with one attached hydrogen (secondary N) is 1. The van der Waals surface area contributed by atoms with E-state index in [0.29, 0.717) is 31.2 Å². The highest BCUT2D eigenvalue weighted by atomic mass is 35.5. The van der Waals surface area contributed by atoms with E-state index in [0.717, 1.165) is 4.57 Å². The fourth-order valence-corrected chi connectivity index (χ4v) is 4.20. The van der Waals surface area contributed by atoms with Crippen molar-refractivity contribution in [2.45, 2.75) is 6.54 Å². The Bertz CT molecular complexity index is 1540. The summed E-state index contributed by atoms with van der Waals surface area (Å²) in [4.78, 5) is 29.8. The van der Waals surface area contributed by atoms with Gasteiger partial charge in [-0.15, -0.1) is 0 Å². The molecule has 0 aliphatic carbocycles. The Morgan fingerprint density at radius 2 is 1.64 bits per heavy atom. The Morgan fingerprint density at radius 3 is 2.30 bits per heavy atom. The third-order valence-electron chi connectivity index (χ3n) is 5.02. The average molecular weight is 526 g/mol. The number of benzene rings is 2. The molecule has 4 rings (SSSR count). The SMILES string of the molecule is Cn1c(=O)c2c(nc(NN=Cc3ccc(Cl)cc3Cl)n2Cc2ccc(Cl)cc2Cl)n(C)c1=O. The van der Waals surface area contributed by atoms with Crippen molar-refractivity contribution < 1.29 is 0 Å². The highest BCUT2D eigenvalue weighted by molar-refractivity contribution is 6.36. The zero-order chi connectivity index (χ0) is 23.9. The van der Waals surface area contributed by atoms with Crippen LogP contribution in [0, 0.1) is 0 Å². The summed E-state index contributed by atoms with van der Waals surface area (Å²) in [6.45, 7) is 0.180. The van der Waals surface area contributed by atoms with E-state index in [-0.39, 0.29) is 23.7 Å². The van der Waals surface area contributed by atoms with Crippen molar-refractivity contribution in [1.29, 1.82) is 0 Å². The second-order valence-electron chi connectivity index (χ2n) is 7.17. The van der Waals surface area contributed by atoms with E-state index < -0.39 is 11.2 Å². The van der Waals surface area contributed by atoms with Crippen molar-refractivity contribution in [2.24, 2.45) is 19.2 Å². The van der Waals surface area contributed by atoms with Gasteiger partial charge in [-0.1, -0.05) is 58.5 Å². The van der Waals surface area contributed by atoms with Gasteiger partial charge in [-0.2, -0.15) is 10.1 Å². The lowest BCUT2D eigenvalue weighted by atomic mass is 10.2. The third-order valence-corrected chi connectivity index (χ3v) is 6.17. The van der Waals surface area contributed by atoms with Crippen LogP contribution in [0.4, 0.5) is 5.95 Å². The molecule has 2 aromatic heterocycles. The third kappa shape index (κ3) is 4.52. The molecule has 0 aliphatic rings. The minimum absolute atomic E-state index is 0.180. The molecule has 0 fully saturated rings. The molecule has 0 saturated carbocycles. The minimum Gasteiger partial charge on any atom is -0.298 e. The van der Waals surface area contributed by atoms with Crippen molar-refractivity contribution in [3.05, 3.63) is 88.5 Å². The van der Waals surface area contributed by atoms with Crippen LogP contribution in [0.15, 0.2) is 51.1 Å². The summed E-state index contributed by atoms with van der Waals surface area (Å²) in [7, 11) is 2.95. The van der Waals surface area contributed by atoms with E-state index >= 15 is 0 Å². The van der Waals surface area contributed by atoms with E-state index in [1.807, 2.05) is 0 Å². The Hall–Kier alpha value is -2.78. The Morgan fingerprint density at radius 1 is 0.970 bits per heavy atom. The molecule has 0 saturated heterocycles. The first-order valence-electron chi connectivity index (χ1n) is 9.51. The summed E-state index contributed by atoms with van der Waals surface area (Å²) >= 11 is 24.5. The van der Waals surface area contributed by atoms with Gasteiger partial charge in [0.15, 0.2) is 11.2 Å². The number of nitrogens with zero attached hydrogens (tertiary/aromatic N) is 5. The molecule has 2 heterocycles. The number of fused-ring (bicyclic) bond motifs is 1. The number of rotatable bonds is 5. The Kier molecular flexibility index (Phi) is 6.54. The van der Waals surface area contributed by atoms with Crippen LogP contribution < -0.4 is 16.7 Å². The topological polar surface area (TPSA) is 86.2 Å². The van der Waals surface area contributed by atoms with Crippen LogP contribution in [-0.2, 0) is 20.6 Å². The van der Waals surface area contributed by atoms with Crippen LogP contribution in [-0.4, -0.2) is 24.9 Å². The van der Waals surface area contributed by atoms with E-state index in [4.69, 9.17) is 46.4 Å². The van der Waals surface area contributed by atoms with Gasteiger partial charge in [0.1, 0.15) is 0 Å². The monoisotopic (exact) mass is 524 g/mol. The number of imidazole rings is 1. The summed E-state index contributed by atoms with van der Waals surface area (Å²) in [5, 5.41) is 6.04. The van der Waals surface area contributed by atoms with Crippen molar-refractivity contribution >= 4 is 69.7 Å². The van der Waals surface area contributed by atoms with E-state index in [1.54, 1.807) is 41.0 Å². The zero-order valence-corrected chi connectivity index (χ0v) is 20.3. The molecule has 0 spiro atoms. The normalized spacial score (nSPS) is 11.6. The molecule has 0 bridgehead atoms. The van der Waals surface area contributed by atoms with E-state index in [1.165, 1.54) is 24.9 Å². The van der Waals surface area contributed by atoms with Crippen LogP contribution >= 0.6 is 46.4 Å². The van der Waals surface area contributed by atoms with Crippen LogP contribution in [0.1, 0.15) is 11.1 Å². The number of aromatic nitrogens is 4. The first-order chi connectivity index (χ1) is 15.7. The van der Waals surface area contributed by atoms with Crippen molar-refractivity contribution in [1.82, 2.24) is 18.7 Å². The maximum Gasteiger partial charge on any atom is 0.332 e. The summed E-state index contributed by atoms with van der Waals surface area (Å²) in [5.74, 6) is 0.232. The summed E-state index contributed by atoms with van der Waals surface area (Å²) in [5.41, 5.74) is 3.59. The molecule has 0 aliphatic heterocycles. The molecular formula is C21H16Cl4N6O2. The summed E-state index contributed by atoms with van der Waals surface area (Å²) in [6, 6.07) is 10.1. The van der Waals surface area contributed by atoms with Crippen molar-refractivity contribution in [3.63, 3.8) is 0 Å². The maximum atomic E-state index is 13.0. The van der Waals surface area contributed by atoms with Crippen LogP contribution in [0.2, 0.25) is 20.1 Å². The van der Waals surface area contributed by atoms with Gasteiger partial charge in [0.05, 0.1) is 17.8 Å². The molecule has 0 atom stereocenters. The first kappa shape index (κ1) is 23.4. The molecule has 0 radical (unpaired) electrons. The van der Waals surface area contributed by atoms with Gasteiger partial charge < -0.3 is 0 Å². The minimum atomic E-state index is -0.497. The largest absolute Gasteiger partial charge is 0.332 e. The van der Waals surface area contributed by atoms with Gasteiger partial charge in [0.25, 0.3) is 5.56 Å². The second-order valence-corrected chi connectivity index (χ2v) is 8.86. The van der Waals surface area contributed by atoms with E-state index in [2.05, 4.69) is 15.5 Å². The fourth-order valence-electron chi connectivity index (χ4n) is 3.27. The molecule has 0 unspecified atom stereocenters. The van der Waals surface area contributed by atoms with Crippen LogP contribution in [0.25, 0.3) is 11.2 Å². The summed E-state index contributed by atoms with van der Waals surface area (Å²) < 4.78 is 3.92. The van der Waals surface area contributed by atoms with Gasteiger partial charge in [0, 0.05) is 34.7 Å². The highest BCUT2D eigenvalue weighted by Crippen LogP contribution is 2.25. The smallest absolute Gasteiger partial charge is 0.298 e. The zero-order valence-electron chi connectivity index (χ0n) is 17.3. The van der Waals surface area contributed by atoms with Gasteiger partial charge in [-0.3, -0.25) is 18.5 Å². The molecule has 8 nitrogen and oxygen atoms in total. The summed E-state index contributed by atoms with van der Waals surface area (Å²) in [6.07, 6.45) is 1.49. The van der Waals surface area contributed by atoms with Gasteiger partial charge >= 0.3 is 5.69 Å². The van der Waals surface area contributed by atoms with Crippen LogP contribution in [0.5, 0.6) is 0 Å². The number of hydrazone groups is 1. The van der Waals surface area contributed by atoms with E-state index in [9.17, 15) is 9.59 Å². The number of hydrogen-bond donors (Lipinski definition) is 1. The Balaban J connectivity index is 1.84. The molecule has 33 heavy (non-hydrogen) atoms. The number of anilines is 1. The maximum absolute atomic E-state index is 13.0. The molecule has 170 valence electrons. The number of halogens is 4. The molecule has 1 N–H and O–H groups in total. The molecule has 12 heteroatoms. The van der Waals surface area contributed by atoms with Crippen LogP contribution in [0.3, 0.4) is 0 Å². The van der Waals surface area contributed by atoms with Gasteiger partial charge in [-0.05, 0) is 29.8 Å². The van der Waals surface area contributed by atoms with Gasteiger partial charge in [-0.25, -0.2) is 10.2 Å². The quantitative estimate of drug-likeness (QED) is 0.306. The number of hydrogen-bond acceptors (Lipinski definition) is 5. The molecular weight excluding hydrogens is 510 g/mol. The lowest BCUT2D eigenvalue weighted by Gasteiger charge is -2.11. The highest BCUT2D eigenvalue weighted by Gasteiger charge is 2.20. The van der Waals surface area contributed by atoms with Crippen molar-refractivity contribution in [3.8, 4) is 0 Å². The molecule has 4 aromatic rings. The molecule has 0 amide bonds. The predicted molar refractivity (Wildman–Crippen MR) is 133 cm³/mol. The number of aryl methyl sites for hydroxylation is 1. The molecule has 2 aromatic carbocycles. The van der Waals surface area contributed by atoms with Crippen molar-refractivity contribution in [2.75, 3.05) is 5.43 Å². The Labute approximate surface area is 207 Å². The lowest BCUT2D eigenvalue weighted by Crippen LogP contribution is -2.37. The van der Waals surface area contributed by atoms with Gasteiger partial charge in [0.2, 0.25) is 5.95 Å². The fraction of sp³-hybridized carbons (Fsp3) is 0.143. The lowest BCUT2D eigenvalue weighted by molar-refractivity contribution is 0.702. The standard InChI is InChI=1S/C21H16Cl4N6O2/c1-29-18-17(19(32)30(2)21(29)33)31(10-12-4-6-14(23)8-16(12)25)20(27-18)28-26-9-11-3-5-13(22)7-15(11)24/h3-9H,10H2,1-2H3,(H,27,28). The predicted octanol–water partition coefficient (Wildman–Crippen LogP) is 4.54. The first-order valence-corrected chi connectivity index (χ1v) is 11.0. The second kappa shape index (κ2) is 9.23.